The first-order valence-electron chi connectivity index (χ1n) is 2.30. The fraction of sp³-hybridized carbons (Fsp3) is 0.750. The summed E-state index contributed by atoms with van der Waals surface area (Å²) in [5, 5.41) is 32.6. The summed E-state index contributed by atoms with van der Waals surface area (Å²) in [7, 11) is 0. The number of aliphatic carboxylic acids is 1. The van der Waals surface area contributed by atoms with Gasteiger partial charge in [0.1, 0.15) is 6.10 Å². The van der Waals surface area contributed by atoms with Crippen molar-refractivity contribution in [3.63, 3.8) is 0 Å². The van der Waals surface area contributed by atoms with Crippen molar-refractivity contribution in [2.45, 2.75) is 18.8 Å². The number of carboxylic acid groups (broad SMARTS) is 1. The lowest BCUT2D eigenvalue weighted by atomic mass is 10.2. The van der Waals surface area contributed by atoms with Gasteiger partial charge in [0.05, 0.1) is 6.42 Å². The summed E-state index contributed by atoms with van der Waals surface area (Å²) in [5.41, 5.74) is 0. The van der Waals surface area contributed by atoms with Gasteiger partial charge in [-0.3, -0.25) is 4.79 Å². The molecular formula is C4H8O5. The monoisotopic (exact) mass is 136 g/mol. The molecule has 0 aromatic heterocycles. The van der Waals surface area contributed by atoms with Crippen LogP contribution in [0.4, 0.5) is 0 Å². The van der Waals surface area contributed by atoms with Crippen LogP contribution in [0.25, 0.3) is 0 Å². The van der Waals surface area contributed by atoms with Gasteiger partial charge in [-0.2, -0.15) is 0 Å². The molecule has 0 fully saturated rings. The number of hydrogen-bond donors (Lipinski definition) is 4. The Morgan fingerprint density at radius 1 is 1.33 bits per heavy atom. The molecule has 0 spiro atoms. The van der Waals surface area contributed by atoms with Crippen LogP contribution in [0, 0.1) is 0 Å². The standard InChI is InChI=1S/C4H8O5/c5-2(4(8)9)1-3(6)7/h2,4-5,8-9H,1H2,(H,6,7). The number of rotatable bonds is 3. The summed E-state index contributed by atoms with van der Waals surface area (Å²) in [5.74, 6) is -1.27. The van der Waals surface area contributed by atoms with E-state index in [2.05, 4.69) is 0 Å². The van der Waals surface area contributed by atoms with Crippen LogP contribution in [-0.4, -0.2) is 38.8 Å². The van der Waals surface area contributed by atoms with Crippen LogP contribution in [0.3, 0.4) is 0 Å². The van der Waals surface area contributed by atoms with Gasteiger partial charge in [-0.05, 0) is 0 Å². The van der Waals surface area contributed by atoms with E-state index in [1.165, 1.54) is 0 Å². The molecule has 0 saturated carbocycles. The Bertz CT molecular complexity index is 99.1. The number of aliphatic hydroxyl groups excluding tert-OH is 2. The van der Waals surface area contributed by atoms with Crippen molar-refractivity contribution in [2.24, 2.45) is 0 Å². The fourth-order valence-corrected chi connectivity index (χ4v) is 0.284. The van der Waals surface area contributed by atoms with E-state index in [-0.39, 0.29) is 0 Å². The normalized spacial score (nSPS) is 13.8. The van der Waals surface area contributed by atoms with Crippen molar-refractivity contribution in [1.29, 1.82) is 0 Å². The summed E-state index contributed by atoms with van der Waals surface area (Å²) in [6, 6.07) is 0. The lowest BCUT2D eigenvalue weighted by molar-refractivity contribution is -0.153. The predicted molar refractivity (Wildman–Crippen MR) is 26.5 cm³/mol. The molecule has 5 nitrogen and oxygen atoms in total. The molecule has 9 heavy (non-hydrogen) atoms. The molecule has 54 valence electrons. The molecular weight excluding hydrogens is 128 g/mol. The van der Waals surface area contributed by atoms with Gasteiger partial charge in [0, 0.05) is 0 Å². The zero-order valence-electron chi connectivity index (χ0n) is 4.56. The molecule has 0 aliphatic rings. The van der Waals surface area contributed by atoms with E-state index in [9.17, 15) is 4.79 Å². The van der Waals surface area contributed by atoms with E-state index in [1.54, 1.807) is 0 Å². The lowest BCUT2D eigenvalue weighted by Crippen LogP contribution is -2.27. The van der Waals surface area contributed by atoms with E-state index in [1.807, 2.05) is 0 Å². The van der Waals surface area contributed by atoms with Crippen LogP contribution in [-0.2, 0) is 4.79 Å². The van der Waals surface area contributed by atoms with Crippen molar-refractivity contribution < 1.29 is 25.2 Å². The second kappa shape index (κ2) is 3.39. The van der Waals surface area contributed by atoms with Gasteiger partial charge >= 0.3 is 5.97 Å². The average molecular weight is 136 g/mol. The Morgan fingerprint density at radius 2 is 1.78 bits per heavy atom. The Morgan fingerprint density at radius 3 is 1.89 bits per heavy atom. The Balaban J connectivity index is 3.50. The minimum atomic E-state index is -1.97. The summed E-state index contributed by atoms with van der Waals surface area (Å²) in [6.45, 7) is 0. The summed E-state index contributed by atoms with van der Waals surface area (Å²) in [4.78, 5) is 9.73. The molecule has 1 atom stereocenters. The lowest BCUT2D eigenvalue weighted by Gasteiger charge is -2.08. The van der Waals surface area contributed by atoms with Gasteiger partial charge in [-0.15, -0.1) is 0 Å². The van der Waals surface area contributed by atoms with Gasteiger partial charge < -0.3 is 20.4 Å². The van der Waals surface area contributed by atoms with Crippen LogP contribution in [0.15, 0.2) is 0 Å². The Hall–Kier alpha value is -0.650. The smallest absolute Gasteiger partial charge is 0.306 e. The fourth-order valence-electron chi connectivity index (χ4n) is 0.284. The van der Waals surface area contributed by atoms with Crippen LogP contribution in [0.5, 0.6) is 0 Å². The quantitative estimate of drug-likeness (QED) is 0.341. The SMILES string of the molecule is O=C(O)CC(O)C(O)O. The van der Waals surface area contributed by atoms with Gasteiger partial charge in [-0.25, -0.2) is 0 Å². The van der Waals surface area contributed by atoms with Crippen LogP contribution in [0.2, 0.25) is 0 Å². The van der Waals surface area contributed by atoms with E-state index >= 15 is 0 Å². The third-order valence-electron chi connectivity index (χ3n) is 0.728. The number of carboxylic acids is 1. The molecule has 0 radical (unpaired) electrons. The van der Waals surface area contributed by atoms with E-state index in [0.717, 1.165) is 0 Å². The van der Waals surface area contributed by atoms with Gasteiger partial charge in [-0.1, -0.05) is 0 Å². The molecule has 0 aromatic rings. The second-order valence-electron chi connectivity index (χ2n) is 1.58. The minimum absolute atomic E-state index is 0.655. The summed E-state index contributed by atoms with van der Waals surface area (Å²) in [6.07, 6.45) is -4.22. The molecule has 0 bridgehead atoms. The number of carbonyl (C=O) groups is 1. The molecule has 4 N–H and O–H groups in total. The van der Waals surface area contributed by atoms with Crippen molar-refractivity contribution >= 4 is 5.97 Å². The van der Waals surface area contributed by atoms with Gasteiger partial charge in [0.15, 0.2) is 6.29 Å². The molecule has 0 heterocycles. The number of hydrogen-bond acceptors (Lipinski definition) is 4. The highest BCUT2D eigenvalue weighted by Gasteiger charge is 2.15. The molecule has 5 heteroatoms. The molecule has 0 aromatic carbocycles. The van der Waals surface area contributed by atoms with Crippen molar-refractivity contribution in [2.75, 3.05) is 0 Å². The minimum Gasteiger partial charge on any atom is -0.481 e. The molecule has 0 saturated heterocycles. The molecule has 0 aliphatic heterocycles. The maximum Gasteiger partial charge on any atom is 0.306 e. The highest BCUT2D eigenvalue weighted by molar-refractivity contribution is 5.67. The predicted octanol–water partition coefficient (Wildman–Crippen LogP) is -1.87. The van der Waals surface area contributed by atoms with E-state index in [4.69, 9.17) is 20.4 Å². The van der Waals surface area contributed by atoms with Gasteiger partial charge in [0.25, 0.3) is 0 Å². The first-order chi connectivity index (χ1) is 4.04. The summed E-state index contributed by atoms with van der Waals surface area (Å²) < 4.78 is 0. The van der Waals surface area contributed by atoms with Gasteiger partial charge in [0.2, 0.25) is 0 Å². The third-order valence-corrected chi connectivity index (χ3v) is 0.728. The first kappa shape index (κ1) is 8.35. The van der Waals surface area contributed by atoms with Crippen LogP contribution >= 0.6 is 0 Å². The molecule has 1 unspecified atom stereocenters. The summed E-state index contributed by atoms with van der Waals surface area (Å²) >= 11 is 0. The molecule has 0 rings (SSSR count). The van der Waals surface area contributed by atoms with Crippen molar-refractivity contribution in [3.8, 4) is 0 Å². The first-order valence-corrected chi connectivity index (χ1v) is 2.30. The van der Waals surface area contributed by atoms with Crippen molar-refractivity contribution in [3.05, 3.63) is 0 Å². The zero-order valence-corrected chi connectivity index (χ0v) is 4.56. The van der Waals surface area contributed by atoms with Crippen LogP contribution < -0.4 is 0 Å². The second-order valence-corrected chi connectivity index (χ2v) is 1.58. The third kappa shape index (κ3) is 3.89. The Kier molecular flexibility index (Phi) is 3.15. The van der Waals surface area contributed by atoms with Crippen LogP contribution in [0.1, 0.15) is 6.42 Å². The number of aliphatic hydroxyl groups is 3. The highest BCUT2D eigenvalue weighted by atomic mass is 16.5. The maximum atomic E-state index is 9.73. The van der Waals surface area contributed by atoms with E-state index < -0.39 is 24.8 Å². The highest BCUT2D eigenvalue weighted by Crippen LogP contribution is 1.94. The van der Waals surface area contributed by atoms with Crippen molar-refractivity contribution in [1.82, 2.24) is 0 Å². The Labute approximate surface area is 51.2 Å². The largest absolute Gasteiger partial charge is 0.481 e. The van der Waals surface area contributed by atoms with E-state index in [0.29, 0.717) is 0 Å². The average Bonchev–Trinajstić information content (AvgIpc) is 1.63. The maximum absolute atomic E-state index is 9.73. The molecule has 0 amide bonds. The zero-order chi connectivity index (χ0) is 7.44. The molecule has 0 aliphatic carbocycles. The topological polar surface area (TPSA) is 98.0 Å².